The number of nitrogens with one attached hydrogen (secondary N) is 1. The summed E-state index contributed by atoms with van der Waals surface area (Å²) >= 11 is 0. The van der Waals surface area contributed by atoms with Crippen LogP contribution in [0.2, 0.25) is 0 Å². The predicted molar refractivity (Wildman–Crippen MR) is 81.7 cm³/mol. The van der Waals surface area contributed by atoms with Gasteiger partial charge in [0.25, 0.3) is 0 Å². The van der Waals surface area contributed by atoms with E-state index in [9.17, 15) is 4.79 Å². The quantitative estimate of drug-likeness (QED) is 0.928. The summed E-state index contributed by atoms with van der Waals surface area (Å²) in [6.45, 7) is 3.89. The molecule has 4 nitrogen and oxygen atoms in total. The Morgan fingerprint density at radius 3 is 2.52 bits per heavy atom. The Bertz CT molecular complexity index is 611. The Labute approximate surface area is 124 Å². The van der Waals surface area contributed by atoms with E-state index < -0.39 is 6.09 Å². The zero-order chi connectivity index (χ0) is 15.2. The predicted octanol–water partition coefficient (Wildman–Crippen LogP) is 3.85. The zero-order valence-electron chi connectivity index (χ0n) is 12.4. The summed E-state index contributed by atoms with van der Waals surface area (Å²) < 4.78 is 10.5. The lowest BCUT2D eigenvalue weighted by Gasteiger charge is -2.17. The Morgan fingerprint density at radius 1 is 1.14 bits per heavy atom. The zero-order valence-corrected chi connectivity index (χ0v) is 12.4. The molecule has 0 heterocycles. The van der Waals surface area contributed by atoms with Gasteiger partial charge in [-0.1, -0.05) is 35.9 Å². The van der Waals surface area contributed by atoms with Crippen LogP contribution in [0.4, 0.5) is 4.79 Å². The van der Waals surface area contributed by atoms with Crippen LogP contribution in [0.25, 0.3) is 0 Å². The van der Waals surface area contributed by atoms with Crippen LogP contribution >= 0.6 is 0 Å². The summed E-state index contributed by atoms with van der Waals surface area (Å²) in [6.07, 6.45) is -0.489. The average Bonchev–Trinajstić information content (AvgIpc) is 2.48. The molecule has 0 saturated carbocycles. The van der Waals surface area contributed by atoms with Crippen molar-refractivity contribution in [3.05, 3.63) is 59.7 Å². The van der Waals surface area contributed by atoms with Crippen LogP contribution in [0.1, 0.15) is 24.1 Å². The van der Waals surface area contributed by atoms with Gasteiger partial charge in [0.2, 0.25) is 0 Å². The molecule has 110 valence electrons. The molecule has 1 N–H and O–H groups in total. The minimum atomic E-state index is -0.489. The van der Waals surface area contributed by atoms with Gasteiger partial charge in [0.15, 0.2) is 0 Å². The van der Waals surface area contributed by atoms with Gasteiger partial charge in [-0.25, -0.2) is 4.79 Å². The average molecular weight is 285 g/mol. The second kappa shape index (κ2) is 6.79. The first kappa shape index (κ1) is 14.9. The van der Waals surface area contributed by atoms with E-state index in [2.05, 4.69) is 5.32 Å². The third-order valence-corrected chi connectivity index (χ3v) is 3.14. The van der Waals surface area contributed by atoms with Crippen molar-refractivity contribution in [1.29, 1.82) is 0 Å². The maximum atomic E-state index is 11.9. The molecule has 0 aliphatic rings. The highest BCUT2D eigenvalue weighted by atomic mass is 16.6. The second-order valence-corrected chi connectivity index (χ2v) is 4.81. The summed E-state index contributed by atoms with van der Waals surface area (Å²) in [7, 11) is 1.61. The number of methoxy groups -OCH3 is 1. The molecule has 0 spiro atoms. The van der Waals surface area contributed by atoms with E-state index in [1.165, 1.54) is 0 Å². The molecule has 2 aromatic carbocycles. The van der Waals surface area contributed by atoms with Crippen LogP contribution in [0, 0.1) is 6.92 Å². The van der Waals surface area contributed by atoms with E-state index >= 15 is 0 Å². The van der Waals surface area contributed by atoms with Gasteiger partial charge in [-0.2, -0.15) is 0 Å². The summed E-state index contributed by atoms with van der Waals surface area (Å²) in [5.74, 6) is 1.26. The molecule has 1 amide bonds. The van der Waals surface area contributed by atoms with Gasteiger partial charge in [-0.3, -0.25) is 0 Å². The lowest BCUT2D eigenvalue weighted by atomic mass is 10.0. The largest absolute Gasteiger partial charge is 0.496 e. The van der Waals surface area contributed by atoms with Gasteiger partial charge in [0.1, 0.15) is 11.5 Å². The number of aryl methyl sites for hydroxylation is 1. The molecule has 0 bridgehead atoms. The van der Waals surface area contributed by atoms with E-state index in [1.807, 2.05) is 50.2 Å². The minimum absolute atomic E-state index is 0.212. The van der Waals surface area contributed by atoms with Gasteiger partial charge < -0.3 is 14.8 Å². The van der Waals surface area contributed by atoms with Crippen molar-refractivity contribution < 1.29 is 14.3 Å². The molecule has 1 unspecified atom stereocenters. The molecule has 21 heavy (non-hydrogen) atoms. The van der Waals surface area contributed by atoms with Crippen molar-refractivity contribution in [2.24, 2.45) is 0 Å². The van der Waals surface area contributed by atoms with Gasteiger partial charge >= 0.3 is 6.09 Å². The highest BCUT2D eigenvalue weighted by Gasteiger charge is 2.15. The minimum Gasteiger partial charge on any atom is -0.496 e. The summed E-state index contributed by atoms with van der Waals surface area (Å²) in [5.41, 5.74) is 2.03. The first-order chi connectivity index (χ1) is 10.1. The third kappa shape index (κ3) is 3.99. The normalized spacial score (nSPS) is 11.6. The molecule has 4 heteroatoms. The number of carbonyl (C=O) groups is 1. The molecule has 2 rings (SSSR count). The molecule has 0 aliphatic heterocycles. The fourth-order valence-electron chi connectivity index (χ4n) is 2.07. The van der Waals surface area contributed by atoms with Gasteiger partial charge in [-0.05, 0) is 32.0 Å². The van der Waals surface area contributed by atoms with E-state index in [4.69, 9.17) is 9.47 Å². The van der Waals surface area contributed by atoms with E-state index in [-0.39, 0.29) is 6.04 Å². The lowest BCUT2D eigenvalue weighted by molar-refractivity contribution is 0.196. The smallest absolute Gasteiger partial charge is 0.413 e. The second-order valence-electron chi connectivity index (χ2n) is 4.81. The van der Waals surface area contributed by atoms with Crippen molar-refractivity contribution >= 4 is 6.09 Å². The number of ether oxygens (including phenoxy) is 2. The maximum Gasteiger partial charge on any atom is 0.413 e. The number of carbonyl (C=O) groups excluding carboxylic acids is 1. The van der Waals surface area contributed by atoms with Gasteiger partial charge in [0.05, 0.1) is 13.2 Å². The van der Waals surface area contributed by atoms with Crippen molar-refractivity contribution in [2.75, 3.05) is 7.11 Å². The van der Waals surface area contributed by atoms with Crippen LogP contribution < -0.4 is 14.8 Å². The number of para-hydroxylation sites is 1. The van der Waals surface area contributed by atoms with Crippen LogP contribution in [-0.4, -0.2) is 13.2 Å². The molecular formula is C17H19NO3. The Kier molecular flexibility index (Phi) is 4.82. The standard InChI is InChI=1S/C17H19NO3/c1-12-9-10-16(20-3)15(11-12)13(2)18-17(19)21-14-7-5-4-6-8-14/h4-11,13H,1-3H3,(H,18,19). The molecule has 0 aromatic heterocycles. The first-order valence-corrected chi connectivity index (χ1v) is 6.78. The molecule has 0 fully saturated rings. The molecular weight excluding hydrogens is 266 g/mol. The van der Waals surface area contributed by atoms with Crippen LogP contribution in [-0.2, 0) is 0 Å². The Balaban J connectivity index is 2.05. The van der Waals surface area contributed by atoms with Crippen molar-refractivity contribution in [1.82, 2.24) is 5.32 Å². The highest BCUT2D eigenvalue weighted by Crippen LogP contribution is 2.26. The van der Waals surface area contributed by atoms with E-state index in [0.717, 1.165) is 16.9 Å². The number of hydrogen-bond acceptors (Lipinski definition) is 3. The van der Waals surface area contributed by atoms with Crippen molar-refractivity contribution in [3.8, 4) is 11.5 Å². The highest BCUT2D eigenvalue weighted by molar-refractivity contribution is 5.71. The number of amides is 1. The molecule has 0 aliphatic carbocycles. The monoisotopic (exact) mass is 285 g/mol. The molecule has 0 saturated heterocycles. The van der Waals surface area contributed by atoms with Crippen LogP contribution in [0.3, 0.4) is 0 Å². The first-order valence-electron chi connectivity index (χ1n) is 6.78. The number of rotatable bonds is 4. The topological polar surface area (TPSA) is 47.6 Å². The number of benzene rings is 2. The van der Waals surface area contributed by atoms with Crippen LogP contribution in [0.5, 0.6) is 11.5 Å². The van der Waals surface area contributed by atoms with Crippen molar-refractivity contribution in [2.45, 2.75) is 19.9 Å². The van der Waals surface area contributed by atoms with Gasteiger partial charge in [0, 0.05) is 5.56 Å². The van der Waals surface area contributed by atoms with Crippen LogP contribution in [0.15, 0.2) is 48.5 Å². The fourth-order valence-corrected chi connectivity index (χ4v) is 2.07. The lowest BCUT2D eigenvalue weighted by Crippen LogP contribution is -2.29. The SMILES string of the molecule is COc1ccc(C)cc1C(C)NC(=O)Oc1ccccc1. The maximum absolute atomic E-state index is 11.9. The van der Waals surface area contributed by atoms with Crippen molar-refractivity contribution in [3.63, 3.8) is 0 Å². The Hall–Kier alpha value is -2.49. The summed E-state index contributed by atoms with van der Waals surface area (Å²) in [6, 6.07) is 14.6. The summed E-state index contributed by atoms with van der Waals surface area (Å²) in [4.78, 5) is 11.9. The molecule has 1 atom stereocenters. The molecule has 0 radical (unpaired) electrons. The van der Waals surface area contributed by atoms with E-state index in [1.54, 1.807) is 19.2 Å². The summed E-state index contributed by atoms with van der Waals surface area (Å²) in [5, 5.41) is 2.81. The number of hydrogen-bond donors (Lipinski definition) is 1. The van der Waals surface area contributed by atoms with E-state index in [0.29, 0.717) is 5.75 Å². The fraction of sp³-hybridized carbons (Fsp3) is 0.235. The Morgan fingerprint density at radius 2 is 1.86 bits per heavy atom. The van der Waals surface area contributed by atoms with Gasteiger partial charge in [-0.15, -0.1) is 0 Å². The molecule has 2 aromatic rings. The third-order valence-electron chi connectivity index (χ3n) is 3.14.